The zero-order valence-electron chi connectivity index (χ0n) is 15.5. The van der Waals surface area contributed by atoms with E-state index in [1.165, 1.54) is 6.42 Å². The number of likely N-dealkylation sites (tertiary alicyclic amines) is 1. The molecule has 2 heterocycles. The van der Waals surface area contributed by atoms with Crippen LogP contribution in [-0.4, -0.2) is 58.0 Å². The largest absolute Gasteiger partial charge is 0.404 e. The van der Waals surface area contributed by atoms with Crippen molar-refractivity contribution >= 4 is 22.8 Å². The lowest BCUT2D eigenvalue weighted by molar-refractivity contribution is 0.189. The lowest BCUT2D eigenvalue weighted by atomic mass is 10.1. The maximum Gasteiger partial charge on any atom is 0.0922 e. The first kappa shape index (κ1) is 18.1. The number of hydrogen-bond acceptors (Lipinski definition) is 6. The third-order valence-corrected chi connectivity index (χ3v) is 5.70. The average molecular weight is 365 g/mol. The van der Waals surface area contributed by atoms with Crippen LogP contribution in [0.2, 0.25) is 0 Å². The van der Waals surface area contributed by atoms with Crippen LogP contribution in [0.25, 0.3) is 16.6 Å². The van der Waals surface area contributed by atoms with Gasteiger partial charge in [0.25, 0.3) is 0 Å². The van der Waals surface area contributed by atoms with Crippen LogP contribution in [0.1, 0.15) is 31.4 Å². The minimum Gasteiger partial charge on any atom is -0.404 e. The predicted molar refractivity (Wildman–Crippen MR) is 108 cm³/mol. The third-order valence-electron chi connectivity index (χ3n) is 5.70. The minimum atomic E-state index is 0.313. The molecule has 0 amide bonds. The number of aromatic nitrogens is 2. The Morgan fingerprint density at radius 1 is 1.26 bits per heavy atom. The van der Waals surface area contributed by atoms with E-state index in [9.17, 15) is 0 Å². The van der Waals surface area contributed by atoms with Crippen molar-refractivity contribution in [3.05, 3.63) is 42.4 Å². The predicted octanol–water partition coefficient (Wildman–Crippen LogP) is 2.24. The van der Waals surface area contributed by atoms with E-state index >= 15 is 0 Å². The summed E-state index contributed by atoms with van der Waals surface area (Å²) in [7, 11) is 0. The van der Waals surface area contributed by atoms with E-state index in [4.69, 9.17) is 15.8 Å². The second-order valence-corrected chi connectivity index (χ2v) is 7.49. The van der Waals surface area contributed by atoms with Gasteiger partial charge >= 0.3 is 0 Å². The van der Waals surface area contributed by atoms with Crippen molar-refractivity contribution in [1.82, 2.24) is 14.9 Å². The van der Waals surface area contributed by atoms with Crippen LogP contribution in [0.4, 0.5) is 0 Å². The molecule has 2 atom stereocenters. The average Bonchev–Trinajstić information content (AvgIpc) is 3.48. The molecular weight excluding hydrogens is 338 g/mol. The first-order valence-electron chi connectivity index (χ1n) is 9.80. The molecular formula is C21H27N5O. The number of nitrogens with zero attached hydrogens (tertiary/aromatic N) is 4. The van der Waals surface area contributed by atoms with Crippen molar-refractivity contribution in [1.29, 1.82) is 0 Å². The van der Waals surface area contributed by atoms with Gasteiger partial charge in [-0.3, -0.25) is 14.9 Å². The van der Waals surface area contributed by atoms with Gasteiger partial charge in [-0.2, -0.15) is 0 Å². The molecule has 1 aromatic heterocycles. The Labute approximate surface area is 159 Å². The van der Waals surface area contributed by atoms with Gasteiger partial charge in [-0.05, 0) is 43.7 Å². The van der Waals surface area contributed by atoms with Gasteiger partial charge < -0.3 is 10.8 Å². The Bertz CT molecular complexity index is 841. The van der Waals surface area contributed by atoms with Gasteiger partial charge in [0.1, 0.15) is 0 Å². The van der Waals surface area contributed by atoms with Crippen LogP contribution in [0, 0.1) is 5.92 Å². The minimum absolute atomic E-state index is 0.313. The number of aliphatic hydroxyl groups excluding tert-OH is 1. The highest BCUT2D eigenvalue weighted by atomic mass is 16.3. The fourth-order valence-electron chi connectivity index (χ4n) is 4.00. The van der Waals surface area contributed by atoms with Crippen LogP contribution in [-0.2, 0) is 0 Å². The number of aliphatic hydroxyl groups is 1. The van der Waals surface area contributed by atoms with Crippen LogP contribution >= 0.6 is 0 Å². The molecule has 0 spiro atoms. The number of allylic oxidation sites excluding steroid dienone is 1. The molecule has 0 bridgehead atoms. The van der Waals surface area contributed by atoms with Crippen LogP contribution in [0.3, 0.4) is 0 Å². The molecule has 27 heavy (non-hydrogen) atoms. The normalized spacial score (nSPS) is 24.7. The zero-order valence-corrected chi connectivity index (χ0v) is 15.5. The monoisotopic (exact) mass is 365 g/mol. The van der Waals surface area contributed by atoms with Gasteiger partial charge in [-0.15, -0.1) is 0 Å². The second kappa shape index (κ2) is 8.15. The highest BCUT2D eigenvalue weighted by Gasteiger charge is 2.41. The molecule has 1 saturated heterocycles. The topological polar surface area (TPSA) is 87.6 Å². The molecule has 2 unspecified atom stereocenters. The zero-order chi connectivity index (χ0) is 18.6. The number of piperidine rings is 1. The van der Waals surface area contributed by atoms with Gasteiger partial charge in [-0.1, -0.05) is 12.1 Å². The lowest BCUT2D eigenvalue weighted by Crippen LogP contribution is -2.37. The molecule has 1 aromatic carbocycles. The summed E-state index contributed by atoms with van der Waals surface area (Å²) in [5.74, 6) is 0.702. The van der Waals surface area contributed by atoms with Gasteiger partial charge in [-0.25, -0.2) is 4.98 Å². The standard InChI is InChI=1S/C21H27N5O/c22-12-16(20-14-24-18-3-1-2-4-19(18)25-20)13-23-17-5-8-26(9-6-17)21-11-15(21)7-10-27/h1-4,12-15,17,21,27H,5-11,22H2. The van der Waals surface area contributed by atoms with E-state index in [-0.39, 0.29) is 0 Å². The van der Waals surface area contributed by atoms with E-state index in [0.29, 0.717) is 24.6 Å². The molecule has 1 saturated carbocycles. The SMILES string of the molecule is NC=C(C=NC1CCN(C2CC2CCO)CC1)c1cnc2ccccc2n1. The van der Waals surface area contributed by atoms with E-state index in [2.05, 4.69) is 14.9 Å². The Balaban J connectivity index is 1.35. The summed E-state index contributed by atoms with van der Waals surface area (Å²) in [5.41, 5.74) is 9.12. The third kappa shape index (κ3) is 4.17. The van der Waals surface area contributed by atoms with Crippen LogP contribution < -0.4 is 5.73 Å². The first-order valence-corrected chi connectivity index (χ1v) is 9.80. The van der Waals surface area contributed by atoms with Crippen molar-refractivity contribution in [2.24, 2.45) is 16.6 Å². The summed E-state index contributed by atoms with van der Waals surface area (Å²) in [6, 6.07) is 8.84. The molecule has 2 fully saturated rings. The maximum atomic E-state index is 9.07. The first-order chi connectivity index (χ1) is 13.3. The van der Waals surface area contributed by atoms with E-state index < -0.39 is 0 Å². The van der Waals surface area contributed by atoms with E-state index in [0.717, 1.165) is 54.7 Å². The lowest BCUT2D eigenvalue weighted by Gasteiger charge is -2.30. The molecule has 142 valence electrons. The maximum absolute atomic E-state index is 9.07. The molecule has 4 rings (SSSR count). The molecule has 3 N–H and O–H groups in total. The molecule has 1 aliphatic carbocycles. The van der Waals surface area contributed by atoms with Crippen molar-refractivity contribution < 1.29 is 5.11 Å². The number of para-hydroxylation sites is 2. The molecule has 2 aromatic rings. The highest BCUT2D eigenvalue weighted by Crippen LogP contribution is 2.39. The summed E-state index contributed by atoms with van der Waals surface area (Å²) in [6.07, 6.45) is 9.49. The number of rotatable bonds is 6. The smallest absolute Gasteiger partial charge is 0.0922 e. The second-order valence-electron chi connectivity index (χ2n) is 7.49. The number of benzene rings is 1. The molecule has 0 radical (unpaired) electrons. The summed E-state index contributed by atoms with van der Waals surface area (Å²) >= 11 is 0. The van der Waals surface area contributed by atoms with Crippen molar-refractivity contribution in [3.63, 3.8) is 0 Å². The van der Waals surface area contributed by atoms with Crippen molar-refractivity contribution in [2.45, 2.75) is 37.8 Å². The Morgan fingerprint density at radius 3 is 2.78 bits per heavy atom. The summed E-state index contributed by atoms with van der Waals surface area (Å²) in [4.78, 5) is 16.4. The van der Waals surface area contributed by atoms with Gasteiger partial charge in [0.2, 0.25) is 0 Å². The van der Waals surface area contributed by atoms with E-state index in [1.54, 1.807) is 12.4 Å². The summed E-state index contributed by atoms with van der Waals surface area (Å²) in [5, 5.41) is 9.07. The quantitative estimate of drug-likeness (QED) is 0.767. The van der Waals surface area contributed by atoms with Gasteiger partial charge in [0.05, 0.1) is 29.0 Å². The summed E-state index contributed by atoms with van der Waals surface area (Å²) < 4.78 is 0. The van der Waals surface area contributed by atoms with Crippen molar-refractivity contribution in [2.75, 3.05) is 19.7 Å². The van der Waals surface area contributed by atoms with Crippen molar-refractivity contribution in [3.8, 4) is 0 Å². The van der Waals surface area contributed by atoms with Crippen LogP contribution in [0.15, 0.2) is 41.7 Å². The molecule has 1 aliphatic heterocycles. The molecule has 2 aliphatic rings. The fraction of sp³-hybridized carbons (Fsp3) is 0.476. The van der Waals surface area contributed by atoms with E-state index in [1.807, 2.05) is 30.5 Å². The molecule has 6 heteroatoms. The number of hydrogen-bond donors (Lipinski definition) is 2. The Kier molecular flexibility index (Phi) is 5.45. The Morgan fingerprint density at radius 2 is 2.04 bits per heavy atom. The van der Waals surface area contributed by atoms with Crippen LogP contribution in [0.5, 0.6) is 0 Å². The van der Waals surface area contributed by atoms with Gasteiger partial charge in [0, 0.05) is 43.7 Å². The summed E-state index contributed by atoms with van der Waals surface area (Å²) in [6.45, 7) is 2.49. The Hall–Kier alpha value is -2.31. The number of fused-ring (bicyclic) bond motifs is 1. The highest BCUT2D eigenvalue weighted by molar-refractivity contribution is 6.09. The number of nitrogens with two attached hydrogens (primary N) is 1. The molecule has 6 nitrogen and oxygen atoms in total. The number of aliphatic imine (C=N–C) groups is 1. The van der Waals surface area contributed by atoms with Gasteiger partial charge in [0.15, 0.2) is 0 Å². The fourth-order valence-corrected chi connectivity index (χ4v) is 4.00.